The molecule has 1 saturated carbocycles. The molecule has 10 heteroatoms. The minimum Gasteiger partial charge on any atom is -0.460 e. The van der Waals surface area contributed by atoms with Gasteiger partial charge in [-0.2, -0.15) is 5.26 Å². The van der Waals surface area contributed by atoms with Crippen LogP contribution in [0.5, 0.6) is 0 Å². The fraction of sp³-hybridized carbons (Fsp3) is 0.676. The van der Waals surface area contributed by atoms with Gasteiger partial charge in [0.15, 0.2) is 0 Å². The number of carbonyl (C=O) groups excluding carboxylic acids is 3. The minimum absolute atomic E-state index is 0.00297. The number of hydrogen-bond donors (Lipinski definition) is 2. The number of rotatable bonds is 11. The third-order valence-corrected chi connectivity index (χ3v) is 8.40. The highest BCUT2D eigenvalue weighted by Gasteiger charge is 2.32. The van der Waals surface area contributed by atoms with Gasteiger partial charge in [0.05, 0.1) is 39.9 Å². The van der Waals surface area contributed by atoms with Gasteiger partial charge in [0.25, 0.3) is 0 Å². The van der Waals surface area contributed by atoms with E-state index in [2.05, 4.69) is 30.8 Å². The number of aliphatic imine (C=N–C) groups is 1. The lowest BCUT2D eigenvalue weighted by molar-refractivity contribution is -0.896. The summed E-state index contributed by atoms with van der Waals surface area (Å²) in [7, 11) is 4.41. The van der Waals surface area contributed by atoms with E-state index in [0.717, 1.165) is 56.1 Å². The predicted octanol–water partition coefficient (Wildman–Crippen LogP) is 5.12. The third kappa shape index (κ3) is 12.7. The molecule has 1 aliphatic carbocycles. The molecule has 0 radical (unpaired) electrons. The quantitative estimate of drug-likeness (QED) is 0.155. The monoisotopic (exact) mass is 610 g/mol. The number of nitriles is 1. The second-order valence-corrected chi connectivity index (χ2v) is 14.0. The summed E-state index contributed by atoms with van der Waals surface area (Å²) in [6.07, 6.45) is 7.55. The molecular formula is C34H52N5O5+. The van der Waals surface area contributed by atoms with E-state index in [-0.39, 0.29) is 24.6 Å². The SMILES string of the molecule is CC(C)(C)OC(=O)CCC(C#N)NC(=O)C(CC1CC[N+](C)(C)CC1)N=C(NC(=O)OCC1CCCCC1)c1ccccc1. The maximum Gasteiger partial charge on any atom is 0.412 e. The van der Waals surface area contributed by atoms with E-state index in [1.54, 1.807) is 20.8 Å². The Morgan fingerprint density at radius 3 is 2.30 bits per heavy atom. The molecule has 0 spiro atoms. The third-order valence-electron chi connectivity index (χ3n) is 8.40. The first-order chi connectivity index (χ1) is 20.8. The van der Waals surface area contributed by atoms with Gasteiger partial charge in [-0.15, -0.1) is 0 Å². The lowest BCUT2D eigenvalue weighted by Crippen LogP contribution is -2.47. The molecule has 2 fully saturated rings. The summed E-state index contributed by atoms with van der Waals surface area (Å²) in [6, 6.07) is 9.59. The number of esters is 1. The molecule has 44 heavy (non-hydrogen) atoms. The highest BCUT2D eigenvalue weighted by atomic mass is 16.6. The zero-order valence-electron chi connectivity index (χ0n) is 27.3. The standard InChI is InChI=1S/C34H51N5O5/c1-34(2,3)44-30(40)17-16-28(23-35)36-32(41)29(22-25-18-20-39(4,5)21-19-25)37-31(27-14-10-7-11-15-27)38-33(42)43-24-26-12-8-6-9-13-26/h7,10-11,14-15,25-26,28-29H,6,8-9,12-13,16-22,24H2,1-5H3,(H-,36,37,38,41,42)/p+1. The number of likely N-dealkylation sites (tertiary alicyclic amines) is 1. The summed E-state index contributed by atoms with van der Waals surface area (Å²) in [4.78, 5) is 43.8. The molecule has 1 saturated heterocycles. The van der Waals surface area contributed by atoms with Crippen LogP contribution < -0.4 is 10.6 Å². The van der Waals surface area contributed by atoms with Crippen molar-refractivity contribution in [3.05, 3.63) is 35.9 Å². The average molecular weight is 611 g/mol. The Balaban J connectivity index is 1.78. The number of piperidine rings is 1. The van der Waals surface area contributed by atoms with Crippen molar-refractivity contribution in [3.8, 4) is 6.07 Å². The number of benzene rings is 1. The maximum atomic E-state index is 13.7. The summed E-state index contributed by atoms with van der Waals surface area (Å²) in [6.45, 7) is 7.70. The van der Waals surface area contributed by atoms with E-state index in [1.807, 2.05) is 30.3 Å². The lowest BCUT2D eigenvalue weighted by Gasteiger charge is -2.37. The molecule has 1 aromatic carbocycles. The van der Waals surface area contributed by atoms with Crippen molar-refractivity contribution >= 4 is 23.8 Å². The molecule has 10 nitrogen and oxygen atoms in total. The summed E-state index contributed by atoms with van der Waals surface area (Å²) < 4.78 is 11.9. The summed E-state index contributed by atoms with van der Waals surface area (Å²) in [5.74, 6) is 0.0483. The molecule has 2 amide bonds. The van der Waals surface area contributed by atoms with E-state index in [4.69, 9.17) is 14.5 Å². The van der Waals surface area contributed by atoms with E-state index < -0.39 is 35.7 Å². The number of carbonyl (C=O) groups is 3. The number of quaternary nitrogens is 1. The van der Waals surface area contributed by atoms with Gasteiger partial charge in [-0.25, -0.2) is 4.79 Å². The molecular weight excluding hydrogens is 558 g/mol. The number of nitrogens with zero attached hydrogens (tertiary/aromatic N) is 3. The van der Waals surface area contributed by atoms with Crippen molar-refractivity contribution in [2.75, 3.05) is 33.8 Å². The molecule has 3 rings (SSSR count). The van der Waals surface area contributed by atoms with Crippen LogP contribution in [0.4, 0.5) is 4.79 Å². The van der Waals surface area contributed by atoms with Gasteiger partial charge in [-0.05, 0) is 71.1 Å². The second-order valence-electron chi connectivity index (χ2n) is 14.0. The number of amidine groups is 1. The van der Waals surface area contributed by atoms with Crippen molar-refractivity contribution < 1.29 is 28.3 Å². The van der Waals surface area contributed by atoms with Crippen molar-refractivity contribution in [2.24, 2.45) is 16.8 Å². The van der Waals surface area contributed by atoms with Gasteiger partial charge in [0, 0.05) is 12.0 Å². The van der Waals surface area contributed by atoms with E-state index in [9.17, 15) is 19.6 Å². The Morgan fingerprint density at radius 1 is 1.02 bits per heavy atom. The largest absolute Gasteiger partial charge is 0.460 e. The van der Waals surface area contributed by atoms with Crippen LogP contribution in [0, 0.1) is 23.2 Å². The Hall–Kier alpha value is -3.45. The van der Waals surface area contributed by atoms with Gasteiger partial charge >= 0.3 is 12.1 Å². The zero-order valence-corrected chi connectivity index (χ0v) is 27.3. The van der Waals surface area contributed by atoms with Gasteiger partial charge in [0.1, 0.15) is 23.5 Å². The summed E-state index contributed by atoms with van der Waals surface area (Å²) >= 11 is 0. The van der Waals surface area contributed by atoms with Gasteiger partial charge in [-0.3, -0.25) is 19.9 Å². The summed E-state index contributed by atoms with van der Waals surface area (Å²) in [5.41, 5.74) is 0.0247. The van der Waals surface area contributed by atoms with E-state index >= 15 is 0 Å². The lowest BCUT2D eigenvalue weighted by atomic mass is 9.89. The van der Waals surface area contributed by atoms with E-state index in [0.29, 0.717) is 24.5 Å². The molecule has 1 heterocycles. The Kier molecular flexibility index (Phi) is 13.2. The second kappa shape index (κ2) is 16.6. The zero-order chi connectivity index (χ0) is 32.2. The van der Waals surface area contributed by atoms with Crippen LogP contribution in [0.3, 0.4) is 0 Å². The topological polar surface area (TPSA) is 130 Å². The first-order valence-electron chi connectivity index (χ1n) is 16.1. The molecule has 2 atom stereocenters. The first kappa shape index (κ1) is 35.0. The number of hydrogen-bond acceptors (Lipinski definition) is 7. The first-order valence-corrected chi connectivity index (χ1v) is 16.1. The number of nitrogens with one attached hydrogen (secondary N) is 2. The number of ether oxygens (including phenoxy) is 2. The summed E-state index contributed by atoms with van der Waals surface area (Å²) in [5, 5.41) is 15.4. The van der Waals surface area contributed by atoms with Crippen molar-refractivity contribution in [3.63, 3.8) is 0 Å². The molecule has 242 valence electrons. The number of amides is 2. The van der Waals surface area contributed by atoms with Crippen LogP contribution in [-0.2, 0) is 19.1 Å². The van der Waals surface area contributed by atoms with Crippen molar-refractivity contribution in [1.29, 1.82) is 5.26 Å². The molecule has 0 bridgehead atoms. The van der Waals surface area contributed by atoms with Crippen LogP contribution in [0.2, 0.25) is 0 Å². The molecule has 0 aromatic heterocycles. The average Bonchev–Trinajstić information content (AvgIpc) is 2.98. The maximum absolute atomic E-state index is 13.7. The van der Waals surface area contributed by atoms with Crippen molar-refractivity contribution in [1.82, 2.24) is 10.6 Å². The van der Waals surface area contributed by atoms with Crippen LogP contribution in [0.1, 0.15) is 90.5 Å². The van der Waals surface area contributed by atoms with Crippen LogP contribution in [0.25, 0.3) is 0 Å². The van der Waals surface area contributed by atoms with E-state index in [1.165, 1.54) is 6.42 Å². The van der Waals surface area contributed by atoms with Crippen LogP contribution in [-0.4, -0.2) is 79.8 Å². The van der Waals surface area contributed by atoms with Gasteiger partial charge in [-0.1, -0.05) is 49.6 Å². The highest BCUT2D eigenvalue weighted by molar-refractivity contribution is 6.07. The molecule has 2 N–H and O–H groups in total. The van der Waals surface area contributed by atoms with Gasteiger partial charge < -0.3 is 19.3 Å². The van der Waals surface area contributed by atoms with Gasteiger partial charge in [0.2, 0.25) is 5.91 Å². The predicted molar refractivity (Wildman–Crippen MR) is 170 cm³/mol. The minimum atomic E-state index is -0.886. The Bertz CT molecular complexity index is 1150. The fourth-order valence-corrected chi connectivity index (χ4v) is 5.79. The molecule has 2 aliphatic rings. The number of alkyl carbamates (subject to hydrolysis) is 1. The van der Waals surface area contributed by atoms with Crippen LogP contribution >= 0.6 is 0 Å². The Labute approximate surface area is 263 Å². The molecule has 1 aliphatic heterocycles. The molecule has 1 aromatic rings. The fourth-order valence-electron chi connectivity index (χ4n) is 5.79. The van der Waals surface area contributed by atoms with Crippen molar-refractivity contribution in [2.45, 2.75) is 103 Å². The normalized spacial score (nSPS) is 19.2. The van der Waals surface area contributed by atoms with Crippen LogP contribution in [0.15, 0.2) is 35.3 Å². The molecule has 2 unspecified atom stereocenters. The highest BCUT2D eigenvalue weighted by Crippen LogP contribution is 2.26. The smallest absolute Gasteiger partial charge is 0.412 e. The Morgan fingerprint density at radius 2 is 1.68 bits per heavy atom.